The Morgan fingerprint density at radius 3 is 2.55 bits per heavy atom. The van der Waals surface area contributed by atoms with Crippen LogP contribution in [0.25, 0.3) is 0 Å². The summed E-state index contributed by atoms with van der Waals surface area (Å²) in [6.45, 7) is 5.56. The average Bonchev–Trinajstić information content (AvgIpc) is 2.62. The van der Waals surface area contributed by atoms with Crippen molar-refractivity contribution in [3.05, 3.63) is 0 Å². The second-order valence-corrected chi connectivity index (χ2v) is 5.84. The monoisotopic (exact) mass is 272 g/mol. The maximum absolute atomic E-state index is 9.82. The van der Waals surface area contributed by atoms with Gasteiger partial charge in [-0.3, -0.25) is 5.41 Å². The van der Waals surface area contributed by atoms with Gasteiger partial charge in [-0.2, -0.15) is 15.5 Å². The maximum atomic E-state index is 9.82. The molecular formula is C14H16N4O2. The lowest BCUT2D eigenvalue weighted by molar-refractivity contribution is -0.330. The van der Waals surface area contributed by atoms with Crippen LogP contribution in [0.1, 0.15) is 33.6 Å². The van der Waals surface area contributed by atoms with E-state index >= 15 is 0 Å². The molecule has 0 aromatic carbocycles. The van der Waals surface area contributed by atoms with E-state index < -0.39 is 28.6 Å². The molecule has 0 radical (unpaired) electrons. The molecule has 0 spiro atoms. The van der Waals surface area contributed by atoms with E-state index in [0.29, 0.717) is 6.42 Å². The number of ether oxygens (including phenoxy) is 2. The molecule has 4 aliphatic rings. The van der Waals surface area contributed by atoms with Crippen LogP contribution >= 0.6 is 0 Å². The lowest BCUT2D eigenvalue weighted by Crippen LogP contribution is -2.73. The van der Waals surface area contributed by atoms with Crippen LogP contribution in [0.2, 0.25) is 0 Å². The second kappa shape index (κ2) is 3.59. The summed E-state index contributed by atoms with van der Waals surface area (Å²) in [5.41, 5.74) is -2.56. The predicted molar refractivity (Wildman–Crippen MR) is 69.7 cm³/mol. The molecule has 1 N–H and O–H groups in total. The van der Waals surface area contributed by atoms with Gasteiger partial charge in [-0.1, -0.05) is 20.3 Å². The Labute approximate surface area is 117 Å². The number of fused-ring (bicyclic) bond motifs is 1. The van der Waals surface area contributed by atoms with Crippen LogP contribution in [0.5, 0.6) is 0 Å². The van der Waals surface area contributed by atoms with Crippen LogP contribution in [0, 0.1) is 44.8 Å². The van der Waals surface area contributed by atoms with Crippen molar-refractivity contribution in [1.29, 1.82) is 15.9 Å². The third-order valence-electron chi connectivity index (χ3n) is 5.04. The minimum Gasteiger partial charge on any atom is -0.447 e. The minimum atomic E-state index is -1.29. The third kappa shape index (κ3) is 1.01. The molecule has 6 nitrogen and oxygen atoms in total. The van der Waals surface area contributed by atoms with Crippen LogP contribution in [-0.2, 0) is 9.47 Å². The van der Waals surface area contributed by atoms with Gasteiger partial charge in [0.25, 0.3) is 0 Å². The first-order valence-electron chi connectivity index (χ1n) is 6.80. The first-order valence-corrected chi connectivity index (χ1v) is 6.80. The zero-order valence-corrected chi connectivity index (χ0v) is 11.7. The van der Waals surface area contributed by atoms with Gasteiger partial charge in [-0.15, -0.1) is 0 Å². The zero-order chi connectivity index (χ0) is 14.8. The molecule has 3 saturated heterocycles. The highest BCUT2D eigenvalue weighted by molar-refractivity contribution is 6.12. The third-order valence-corrected chi connectivity index (χ3v) is 5.04. The summed E-state index contributed by atoms with van der Waals surface area (Å²) in [5, 5.41) is 27.8. The van der Waals surface area contributed by atoms with Crippen LogP contribution in [0.15, 0.2) is 4.99 Å². The van der Waals surface area contributed by atoms with Crippen LogP contribution < -0.4 is 0 Å². The number of hydrogen-bond donors (Lipinski definition) is 1. The standard InChI is InChI=1S/C14H16N4O2/c1-4-5-9-14(7-16)11-18-10(17)13(14,6-15)8(2)12(3,19-9)20-11/h8-9,17H,4-5H2,1-3H3/t8-,9-,12+,13-,14+/m1/s1. The number of nitrogens with one attached hydrogen (secondary N) is 1. The summed E-state index contributed by atoms with van der Waals surface area (Å²) in [5.74, 6) is -1.32. The fraction of sp³-hybridized carbons (Fsp3) is 0.714. The molecule has 20 heavy (non-hydrogen) atoms. The number of rotatable bonds is 2. The van der Waals surface area contributed by atoms with Crippen LogP contribution in [0.4, 0.5) is 0 Å². The SMILES string of the molecule is CCC[C@H]1O[C@@]2(C)OC3=NC(=N)[C@@](C#N)([C@@H]2C)[C@]31C#N. The smallest absolute Gasteiger partial charge is 0.218 e. The van der Waals surface area contributed by atoms with E-state index in [-0.39, 0.29) is 11.7 Å². The Morgan fingerprint density at radius 1 is 1.35 bits per heavy atom. The largest absolute Gasteiger partial charge is 0.447 e. The number of amidine groups is 1. The second-order valence-electron chi connectivity index (χ2n) is 5.84. The van der Waals surface area contributed by atoms with Crippen molar-refractivity contribution in [3.63, 3.8) is 0 Å². The Morgan fingerprint density at radius 2 is 2.00 bits per heavy atom. The molecule has 4 bridgehead atoms. The summed E-state index contributed by atoms with van der Waals surface area (Å²) < 4.78 is 11.8. The summed E-state index contributed by atoms with van der Waals surface area (Å²) >= 11 is 0. The lowest BCUT2D eigenvalue weighted by atomic mass is 9.51. The van der Waals surface area contributed by atoms with Crippen molar-refractivity contribution in [2.45, 2.75) is 45.5 Å². The summed E-state index contributed by atoms with van der Waals surface area (Å²) in [6.07, 6.45) is 0.990. The quantitative estimate of drug-likeness (QED) is 0.830. The molecule has 4 rings (SSSR count). The fourth-order valence-electron chi connectivity index (χ4n) is 3.83. The van der Waals surface area contributed by atoms with Gasteiger partial charge in [-0.05, 0) is 6.42 Å². The molecule has 6 heteroatoms. The van der Waals surface area contributed by atoms with E-state index in [2.05, 4.69) is 17.1 Å². The average molecular weight is 272 g/mol. The fourth-order valence-corrected chi connectivity index (χ4v) is 3.83. The Bertz CT molecular complexity index is 616. The zero-order valence-electron chi connectivity index (χ0n) is 11.7. The van der Waals surface area contributed by atoms with Crippen LogP contribution in [0.3, 0.4) is 0 Å². The molecule has 104 valence electrons. The predicted octanol–water partition coefficient (Wildman–Crippen LogP) is 1.98. The molecule has 0 saturated carbocycles. The first-order chi connectivity index (χ1) is 9.42. The van der Waals surface area contributed by atoms with Gasteiger partial charge >= 0.3 is 0 Å². The highest BCUT2D eigenvalue weighted by Crippen LogP contribution is 2.66. The summed E-state index contributed by atoms with van der Waals surface area (Å²) in [7, 11) is 0. The highest BCUT2D eigenvalue weighted by Gasteiger charge is 2.81. The molecule has 0 aliphatic carbocycles. The van der Waals surface area contributed by atoms with Gasteiger partial charge in [0.15, 0.2) is 10.8 Å². The van der Waals surface area contributed by atoms with Gasteiger partial charge in [-0.25, -0.2) is 0 Å². The van der Waals surface area contributed by atoms with Crippen molar-refractivity contribution >= 4 is 11.7 Å². The van der Waals surface area contributed by atoms with E-state index in [9.17, 15) is 10.5 Å². The molecule has 5 atom stereocenters. The molecule has 4 heterocycles. The van der Waals surface area contributed by atoms with Gasteiger partial charge in [0.2, 0.25) is 11.7 Å². The summed E-state index contributed by atoms with van der Waals surface area (Å²) in [4.78, 5) is 4.10. The Balaban J connectivity index is 2.31. The molecule has 0 aromatic rings. The molecule has 0 aromatic heterocycles. The molecule has 0 unspecified atom stereocenters. The molecular weight excluding hydrogens is 256 g/mol. The summed E-state index contributed by atoms with van der Waals surface area (Å²) in [6, 6.07) is 4.45. The number of hydrogen-bond acceptors (Lipinski definition) is 5. The topological polar surface area (TPSA) is 102 Å². The molecule has 0 amide bonds. The van der Waals surface area contributed by atoms with Crippen molar-refractivity contribution in [1.82, 2.24) is 0 Å². The maximum Gasteiger partial charge on any atom is 0.218 e. The van der Waals surface area contributed by atoms with E-state index in [1.54, 1.807) is 13.8 Å². The minimum absolute atomic E-state index is 0.0721. The Hall–Kier alpha value is -1.92. The van der Waals surface area contributed by atoms with E-state index in [1.807, 2.05) is 6.92 Å². The van der Waals surface area contributed by atoms with E-state index in [1.165, 1.54) is 0 Å². The van der Waals surface area contributed by atoms with Gasteiger partial charge in [0.1, 0.15) is 5.84 Å². The van der Waals surface area contributed by atoms with Crippen molar-refractivity contribution < 1.29 is 9.47 Å². The van der Waals surface area contributed by atoms with Gasteiger partial charge in [0, 0.05) is 12.8 Å². The highest BCUT2D eigenvalue weighted by atomic mass is 16.7. The number of nitrogens with zero attached hydrogens (tertiary/aromatic N) is 3. The van der Waals surface area contributed by atoms with Gasteiger partial charge in [0.05, 0.1) is 18.2 Å². The first kappa shape index (κ1) is 13.1. The number of nitriles is 2. The molecule has 4 aliphatic heterocycles. The van der Waals surface area contributed by atoms with E-state index in [0.717, 1.165) is 6.42 Å². The van der Waals surface area contributed by atoms with Crippen molar-refractivity contribution in [2.24, 2.45) is 21.7 Å². The van der Waals surface area contributed by atoms with Gasteiger partial charge < -0.3 is 9.47 Å². The molecule has 3 fully saturated rings. The van der Waals surface area contributed by atoms with Crippen molar-refractivity contribution in [3.8, 4) is 12.1 Å². The Kier molecular flexibility index (Phi) is 2.35. The normalized spacial score (nSPS) is 48.2. The van der Waals surface area contributed by atoms with Crippen LogP contribution in [-0.4, -0.2) is 23.6 Å². The number of aliphatic imine (C=N–C) groups is 1. The van der Waals surface area contributed by atoms with Crippen molar-refractivity contribution in [2.75, 3.05) is 0 Å². The van der Waals surface area contributed by atoms with E-state index in [4.69, 9.17) is 14.9 Å². The lowest BCUT2D eigenvalue weighted by Gasteiger charge is -2.60.